The molecular formula is C11H13BrO3S. The lowest BCUT2D eigenvalue weighted by atomic mass is 9.99. The lowest BCUT2D eigenvalue weighted by Gasteiger charge is -2.14. The molecule has 0 heterocycles. The zero-order valence-electron chi connectivity index (χ0n) is 8.56. The van der Waals surface area contributed by atoms with Crippen LogP contribution in [-0.2, 0) is 11.2 Å². The van der Waals surface area contributed by atoms with Gasteiger partial charge in [-0.1, -0.05) is 28.1 Å². The summed E-state index contributed by atoms with van der Waals surface area (Å²) in [4.78, 5) is 11.5. The third kappa shape index (κ3) is 3.23. The first kappa shape index (κ1) is 13.5. The maximum atomic E-state index is 10.8. The number of carboxylic acid groups (broad SMARTS) is 1. The fraction of sp³-hybridized carbons (Fsp3) is 0.364. The maximum absolute atomic E-state index is 10.8. The number of aliphatic hydroxyl groups is 1. The molecular weight excluding hydrogens is 292 g/mol. The van der Waals surface area contributed by atoms with Crippen LogP contribution in [0.15, 0.2) is 23.1 Å². The third-order valence-corrected chi connectivity index (χ3v) is 3.26. The Morgan fingerprint density at radius 1 is 1.50 bits per heavy atom. The smallest absolute Gasteiger partial charge is 0.337 e. The molecule has 0 aliphatic rings. The van der Waals surface area contributed by atoms with E-state index >= 15 is 0 Å². The lowest BCUT2D eigenvalue weighted by molar-refractivity contribution is -0.147. The molecule has 3 nitrogen and oxygen atoms in total. The normalized spacial score (nSPS) is 12.4. The second-order valence-electron chi connectivity index (χ2n) is 3.38. The summed E-state index contributed by atoms with van der Waals surface area (Å²) in [5, 5.41) is 19.2. The SMILES string of the molecule is O=C(O)C(O)c1cccc(S)c1CCCBr. The van der Waals surface area contributed by atoms with Crippen LogP contribution >= 0.6 is 28.6 Å². The molecule has 0 aliphatic carbocycles. The van der Waals surface area contributed by atoms with Gasteiger partial charge in [0.1, 0.15) is 0 Å². The zero-order valence-corrected chi connectivity index (χ0v) is 11.0. The number of hydrogen-bond acceptors (Lipinski definition) is 3. The Labute approximate surface area is 108 Å². The molecule has 1 aromatic carbocycles. The van der Waals surface area contributed by atoms with Gasteiger partial charge in [-0.2, -0.15) is 0 Å². The van der Waals surface area contributed by atoms with E-state index in [0.29, 0.717) is 12.0 Å². The van der Waals surface area contributed by atoms with Crippen molar-refractivity contribution < 1.29 is 15.0 Å². The van der Waals surface area contributed by atoms with E-state index < -0.39 is 12.1 Å². The van der Waals surface area contributed by atoms with Crippen LogP contribution in [0.1, 0.15) is 23.7 Å². The quantitative estimate of drug-likeness (QED) is 0.578. The molecule has 1 rings (SSSR count). The number of aliphatic hydroxyl groups excluding tert-OH is 1. The first-order chi connectivity index (χ1) is 7.57. The number of halogens is 1. The van der Waals surface area contributed by atoms with Gasteiger partial charge in [0.15, 0.2) is 6.10 Å². The van der Waals surface area contributed by atoms with Crippen LogP contribution in [0.3, 0.4) is 0 Å². The highest BCUT2D eigenvalue weighted by molar-refractivity contribution is 9.09. The Bertz CT molecular complexity index is 381. The van der Waals surface area contributed by atoms with E-state index in [4.69, 9.17) is 5.11 Å². The van der Waals surface area contributed by atoms with Gasteiger partial charge >= 0.3 is 5.97 Å². The number of thiol groups is 1. The number of carboxylic acids is 1. The van der Waals surface area contributed by atoms with Crippen LogP contribution < -0.4 is 0 Å². The number of benzene rings is 1. The Hall–Kier alpha value is -0.520. The number of aliphatic carboxylic acids is 1. The van der Waals surface area contributed by atoms with Crippen LogP contribution in [0.4, 0.5) is 0 Å². The number of carbonyl (C=O) groups is 1. The minimum absolute atomic E-state index is 0.431. The summed E-state index contributed by atoms with van der Waals surface area (Å²) >= 11 is 7.60. The van der Waals surface area contributed by atoms with Crippen LogP contribution in [-0.4, -0.2) is 21.5 Å². The van der Waals surface area contributed by atoms with Crippen molar-refractivity contribution in [2.45, 2.75) is 23.8 Å². The molecule has 88 valence electrons. The van der Waals surface area contributed by atoms with Crippen molar-refractivity contribution in [3.63, 3.8) is 0 Å². The fourth-order valence-electron chi connectivity index (χ4n) is 1.50. The average Bonchev–Trinajstić information content (AvgIpc) is 2.26. The van der Waals surface area contributed by atoms with E-state index in [2.05, 4.69) is 28.6 Å². The molecule has 1 aromatic rings. The van der Waals surface area contributed by atoms with Crippen molar-refractivity contribution in [2.75, 3.05) is 5.33 Å². The van der Waals surface area contributed by atoms with E-state index in [1.54, 1.807) is 18.2 Å². The minimum atomic E-state index is -1.47. The predicted octanol–water partition coefficient (Wildman–Crippen LogP) is 2.42. The van der Waals surface area contributed by atoms with Gasteiger partial charge in [0.25, 0.3) is 0 Å². The summed E-state index contributed by atoms with van der Waals surface area (Å²) in [6, 6.07) is 5.12. The van der Waals surface area contributed by atoms with Gasteiger partial charge in [0, 0.05) is 10.2 Å². The molecule has 0 spiro atoms. The van der Waals surface area contributed by atoms with Crippen molar-refractivity contribution >= 4 is 34.5 Å². The standard InChI is InChI=1S/C11H13BrO3S/c12-6-2-4-7-8(10(13)11(14)15)3-1-5-9(7)16/h1,3,5,10,13,16H,2,4,6H2,(H,14,15). The van der Waals surface area contributed by atoms with Gasteiger partial charge < -0.3 is 10.2 Å². The second kappa shape index (κ2) is 6.27. The number of alkyl halides is 1. The molecule has 1 atom stereocenters. The summed E-state index contributed by atoms with van der Waals surface area (Å²) in [5.74, 6) is -1.24. The molecule has 0 saturated heterocycles. The van der Waals surface area contributed by atoms with Crippen molar-refractivity contribution in [1.82, 2.24) is 0 Å². The van der Waals surface area contributed by atoms with E-state index in [1.807, 2.05) is 0 Å². The van der Waals surface area contributed by atoms with Crippen LogP contribution in [0.2, 0.25) is 0 Å². The van der Waals surface area contributed by atoms with Crippen molar-refractivity contribution in [1.29, 1.82) is 0 Å². The minimum Gasteiger partial charge on any atom is -0.479 e. The molecule has 0 aromatic heterocycles. The molecule has 0 amide bonds. The van der Waals surface area contributed by atoms with Crippen molar-refractivity contribution in [3.8, 4) is 0 Å². The summed E-state index contributed by atoms with van der Waals surface area (Å²) in [6.45, 7) is 0. The van der Waals surface area contributed by atoms with Crippen molar-refractivity contribution in [3.05, 3.63) is 29.3 Å². The van der Waals surface area contributed by atoms with Crippen LogP contribution in [0.25, 0.3) is 0 Å². The average molecular weight is 305 g/mol. The highest BCUT2D eigenvalue weighted by atomic mass is 79.9. The third-order valence-electron chi connectivity index (χ3n) is 2.28. The Morgan fingerprint density at radius 3 is 2.75 bits per heavy atom. The first-order valence-electron chi connectivity index (χ1n) is 4.85. The molecule has 0 bridgehead atoms. The Balaban J connectivity index is 3.06. The molecule has 0 aliphatic heterocycles. The van der Waals surface area contributed by atoms with E-state index in [1.165, 1.54) is 0 Å². The summed E-state index contributed by atoms with van der Waals surface area (Å²) in [6.07, 6.45) is 0.0963. The monoisotopic (exact) mass is 304 g/mol. The van der Waals surface area contributed by atoms with Crippen LogP contribution in [0, 0.1) is 0 Å². The largest absolute Gasteiger partial charge is 0.479 e. The molecule has 5 heteroatoms. The molecule has 1 unspecified atom stereocenters. The molecule has 0 radical (unpaired) electrons. The molecule has 0 fully saturated rings. The van der Waals surface area contributed by atoms with E-state index in [0.717, 1.165) is 22.2 Å². The summed E-state index contributed by atoms with van der Waals surface area (Å²) in [7, 11) is 0. The van der Waals surface area contributed by atoms with Crippen LogP contribution in [0.5, 0.6) is 0 Å². The second-order valence-corrected chi connectivity index (χ2v) is 4.65. The summed E-state index contributed by atoms with van der Waals surface area (Å²) in [5.41, 5.74) is 1.24. The van der Waals surface area contributed by atoms with Gasteiger partial charge in [0.2, 0.25) is 0 Å². The highest BCUT2D eigenvalue weighted by Crippen LogP contribution is 2.25. The van der Waals surface area contributed by atoms with E-state index in [9.17, 15) is 9.90 Å². The molecule has 2 N–H and O–H groups in total. The maximum Gasteiger partial charge on any atom is 0.337 e. The Morgan fingerprint density at radius 2 is 2.19 bits per heavy atom. The van der Waals surface area contributed by atoms with E-state index in [-0.39, 0.29) is 0 Å². The topological polar surface area (TPSA) is 57.5 Å². The van der Waals surface area contributed by atoms with Gasteiger partial charge in [-0.25, -0.2) is 4.79 Å². The highest BCUT2D eigenvalue weighted by Gasteiger charge is 2.20. The number of hydrogen-bond donors (Lipinski definition) is 3. The molecule has 0 saturated carbocycles. The predicted molar refractivity (Wildman–Crippen MR) is 68.4 cm³/mol. The van der Waals surface area contributed by atoms with Gasteiger partial charge in [0.05, 0.1) is 0 Å². The van der Waals surface area contributed by atoms with Gasteiger partial charge in [-0.05, 0) is 30.0 Å². The zero-order chi connectivity index (χ0) is 12.1. The van der Waals surface area contributed by atoms with Gasteiger partial charge in [-0.3, -0.25) is 0 Å². The van der Waals surface area contributed by atoms with Gasteiger partial charge in [-0.15, -0.1) is 12.6 Å². The summed E-state index contributed by atoms with van der Waals surface area (Å²) < 4.78 is 0. The Kier molecular flexibility index (Phi) is 5.31. The first-order valence-corrected chi connectivity index (χ1v) is 6.42. The fourth-order valence-corrected chi connectivity index (χ4v) is 2.10. The number of rotatable bonds is 5. The lowest BCUT2D eigenvalue weighted by Crippen LogP contribution is -2.13. The molecule has 16 heavy (non-hydrogen) atoms. The van der Waals surface area contributed by atoms with Crippen molar-refractivity contribution in [2.24, 2.45) is 0 Å².